The van der Waals surface area contributed by atoms with Crippen molar-refractivity contribution in [2.75, 3.05) is 30.8 Å². The number of aryl methyl sites for hydroxylation is 2. The number of thioether (sulfide) groups is 1. The fourth-order valence-electron chi connectivity index (χ4n) is 2.58. The molecule has 0 aliphatic carbocycles. The molecule has 0 aliphatic rings. The molecule has 0 saturated carbocycles. The van der Waals surface area contributed by atoms with Crippen LogP contribution in [0.1, 0.15) is 23.2 Å². The van der Waals surface area contributed by atoms with Gasteiger partial charge in [-0.3, -0.25) is 4.79 Å². The third kappa shape index (κ3) is 5.78. The van der Waals surface area contributed by atoms with Crippen molar-refractivity contribution in [3.8, 4) is 6.07 Å². The van der Waals surface area contributed by atoms with Crippen molar-refractivity contribution in [1.82, 2.24) is 10.3 Å². The first-order valence-corrected chi connectivity index (χ1v) is 9.54. The van der Waals surface area contributed by atoms with Gasteiger partial charge in [0, 0.05) is 31.5 Å². The van der Waals surface area contributed by atoms with Crippen LogP contribution in [0.4, 0.5) is 5.69 Å². The monoisotopic (exact) mass is 368 g/mol. The lowest BCUT2D eigenvalue weighted by Gasteiger charge is -2.19. The van der Waals surface area contributed by atoms with Crippen LogP contribution in [0.5, 0.6) is 0 Å². The fraction of sp³-hybridized carbons (Fsp3) is 0.350. The van der Waals surface area contributed by atoms with Crippen LogP contribution >= 0.6 is 11.8 Å². The number of para-hydroxylation sites is 1. The molecule has 0 saturated heterocycles. The maximum atomic E-state index is 12.0. The molecule has 2 rings (SSSR count). The number of nitriles is 1. The average molecular weight is 369 g/mol. The lowest BCUT2D eigenvalue weighted by atomic mass is 10.1. The van der Waals surface area contributed by atoms with E-state index in [1.807, 2.05) is 45.2 Å². The summed E-state index contributed by atoms with van der Waals surface area (Å²) in [5.74, 6) is 0.223. The Morgan fingerprint density at radius 1 is 1.31 bits per heavy atom. The van der Waals surface area contributed by atoms with Gasteiger partial charge in [-0.1, -0.05) is 30.0 Å². The van der Waals surface area contributed by atoms with Crippen molar-refractivity contribution in [3.05, 3.63) is 53.2 Å². The smallest absolute Gasteiger partial charge is 0.230 e. The van der Waals surface area contributed by atoms with E-state index in [0.29, 0.717) is 17.1 Å². The van der Waals surface area contributed by atoms with Crippen LogP contribution in [0.15, 0.2) is 41.4 Å². The van der Waals surface area contributed by atoms with E-state index < -0.39 is 0 Å². The molecule has 1 heterocycles. The largest absolute Gasteiger partial charge is 0.375 e. The number of amides is 1. The minimum Gasteiger partial charge on any atom is -0.375 e. The van der Waals surface area contributed by atoms with Gasteiger partial charge in [-0.25, -0.2) is 4.98 Å². The lowest BCUT2D eigenvalue weighted by Crippen LogP contribution is -2.29. The van der Waals surface area contributed by atoms with Gasteiger partial charge in [-0.05, 0) is 44.0 Å². The number of hydrogen-bond acceptors (Lipinski definition) is 5. The molecule has 0 aliphatic heterocycles. The summed E-state index contributed by atoms with van der Waals surface area (Å²) >= 11 is 1.31. The zero-order chi connectivity index (χ0) is 18.9. The number of rotatable bonds is 8. The first-order chi connectivity index (χ1) is 12.5. The van der Waals surface area contributed by atoms with Gasteiger partial charge in [0.1, 0.15) is 11.1 Å². The summed E-state index contributed by atoms with van der Waals surface area (Å²) < 4.78 is 0. The average Bonchev–Trinajstić information content (AvgIpc) is 2.63. The summed E-state index contributed by atoms with van der Waals surface area (Å²) in [6.45, 7) is 5.28. The van der Waals surface area contributed by atoms with Gasteiger partial charge in [-0.2, -0.15) is 5.26 Å². The summed E-state index contributed by atoms with van der Waals surface area (Å²) in [4.78, 5) is 18.6. The SMILES string of the molecule is Cc1cc(C)c(C#N)c(SCC(=O)NCCCN(C)c2ccccc2)n1. The second kappa shape index (κ2) is 9.83. The maximum Gasteiger partial charge on any atom is 0.230 e. The zero-order valence-electron chi connectivity index (χ0n) is 15.5. The minimum absolute atomic E-state index is 0.0396. The topological polar surface area (TPSA) is 69.0 Å². The fourth-order valence-corrected chi connectivity index (χ4v) is 3.51. The quantitative estimate of drug-likeness (QED) is 0.572. The number of pyridine rings is 1. The number of nitrogens with one attached hydrogen (secondary N) is 1. The Hall–Kier alpha value is -2.52. The van der Waals surface area contributed by atoms with Crippen molar-refractivity contribution in [3.63, 3.8) is 0 Å². The van der Waals surface area contributed by atoms with Crippen LogP contribution in [0.2, 0.25) is 0 Å². The van der Waals surface area contributed by atoms with Crippen molar-refractivity contribution in [1.29, 1.82) is 5.26 Å². The molecule has 0 fully saturated rings. The highest BCUT2D eigenvalue weighted by Gasteiger charge is 2.11. The van der Waals surface area contributed by atoms with Gasteiger partial charge in [0.25, 0.3) is 0 Å². The standard InChI is InChI=1S/C20H24N4OS/c1-15-12-16(2)23-20(18(15)13-21)26-14-19(25)22-10-7-11-24(3)17-8-5-4-6-9-17/h4-6,8-9,12H,7,10-11,14H2,1-3H3,(H,22,25). The summed E-state index contributed by atoms with van der Waals surface area (Å²) in [6.07, 6.45) is 0.868. The third-order valence-corrected chi connectivity index (χ3v) is 4.93. The zero-order valence-corrected chi connectivity index (χ0v) is 16.3. The van der Waals surface area contributed by atoms with E-state index in [4.69, 9.17) is 0 Å². The molecular weight excluding hydrogens is 344 g/mol. The van der Waals surface area contributed by atoms with E-state index in [-0.39, 0.29) is 11.7 Å². The number of benzene rings is 1. The minimum atomic E-state index is -0.0396. The Morgan fingerprint density at radius 3 is 2.73 bits per heavy atom. The number of carbonyl (C=O) groups is 1. The summed E-state index contributed by atoms with van der Waals surface area (Å²) in [7, 11) is 2.04. The molecule has 1 N–H and O–H groups in total. The van der Waals surface area contributed by atoms with Gasteiger partial charge in [0.15, 0.2) is 0 Å². The predicted octanol–water partition coefficient (Wildman–Crippen LogP) is 3.30. The van der Waals surface area contributed by atoms with Gasteiger partial charge in [-0.15, -0.1) is 0 Å². The first-order valence-electron chi connectivity index (χ1n) is 8.55. The predicted molar refractivity (Wildman–Crippen MR) is 106 cm³/mol. The van der Waals surface area contributed by atoms with Crippen LogP contribution in [-0.4, -0.2) is 36.8 Å². The van der Waals surface area contributed by atoms with E-state index in [0.717, 1.165) is 24.2 Å². The second-order valence-electron chi connectivity index (χ2n) is 6.12. The molecule has 0 bridgehead atoms. The van der Waals surface area contributed by atoms with Gasteiger partial charge in [0.05, 0.1) is 11.3 Å². The lowest BCUT2D eigenvalue weighted by molar-refractivity contribution is -0.118. The summed E-state index contributed by atoms with van der Waals surface area (Å²) in [5.41, 5.74) is 3.47. The van der Waals surface area contributed by atoms with E-state index in [1.165, 1.54) is 17.4 Å². The molecule has 1 aromatic carbocycles. The molecule has 0 radical (unpaired) electrons. The number of aromatic nitrogens is 1. The van der Waals surface area contributed by atoms with Crippen molar-refractivity contribution in [2.24, 2.45) is 0 Å². The number of hydrogen-bond donors (Lipinski definition) is 1. The molecule has 1 amide bonds. The van der Waals surface area contributed by atoms with Crippen LogP contribution < -0.4 is 10.2 Å². The van der Waals surface area contributed by atoms with Crippen molar-refractivity contribution in [2.45, 2.75) is 25.3 Å². The first kappa shape index (κ1) is 19.8. The molecular formula is C20H24N4OS. The molecule has 0 unspecified atom stereocenters. The summed E-state index contributed by atoms with van der Waals surface area (Å²) in [6, 6.07) is 14.2. The molecule has 136 valence electrons. The Kier molecular flexibility index (Phi) is 7.49. The Balaban J connectivity index is 1.74. The van der Waals surface area contributed by atoms with E-state index in [2.05, 4.69) is 33.4 Å². The van der Waals surface area contributed by atoms with Crippen LogP contribution in [0.3, 0.4) is 0 Å². The molecule has 0 atom stereocenters. The number of carbonyl (C=O) groups excluding carboxylic acids is 1. The highest BCUT2D eigenvalue weighted by atomic mass is 32.2. The maximum absolute atomic E-state index is 12.0. The highest BCUT2D eigenvalue weighted by Crippen LogP contribution is 2.23. The molecule has 6 heteroatoms. The normalized spacial score (nSPS) is 10.2. The van der Waals surface area contributed by atoms with Crippen molar-refractivity contribution >= 4 is 23.4 Å². The Bertz CT molecular complexity index is 786. The molecule has 0 spiro atoms. The van der Waals surface area contributed by atoms with E-state index in [9.17, 15) is 10.1 Å². The summed E-state index contributed by atoms with van der Waals surface area (Å²) in [5, 5.41) is 12.8. The second-order valence-corrected chi connectivity index (χ2v) is 7.09. The van der Waals surface area contributed by atoms with Crippen LogP contribution in [0, 0.1) is 25.2 Å². The van der Waals surface area contributed by atoms with Crippen molar-refractivity contribution < 1.29 is 4.79 Å². The Labute approximate surface area is 159 Å². The van der Waals surface area contributed by atoms with Gasteiger partial charge in [0.2, 0.25) is 5.91 Å². The molecule has 5 nitrogen and oxygen atoms in total. The van der Waals surface area contributed by atoms with Gasteiger partial charge >= 0.3 is 0 Å². The molecule has 1 aromatic heterocycles. The molecule has 26 heavy (non-hydrogen) atoms. The van der Waals surface area contributed by atoms with Crippen LogP contribution in [-0.2, 0) is 4.79 Å². The third-order valence-electron chi connectivity index (χ3n) is 3.95. The molecule has 2 aromatic rings. The Morgan fingerprint density at radius 2 is 2.04 bits per heavy atom. The number of nitrogens with zero attached hydrogens (tertiary/aromatic N) is 3. The number of anilines is 1. The van der Waals surface area contributed by atoms with E-state index >= 15 is 0 Å². The van der Waals surface area contributed by atoms with E-state index in [1.54, 1.807) is 0 Å². The van der Waals surface area contributed by atoms with Gasteiger partial charge < -0.3 is 10.2 Å². The van der Waals surface area contributed by atoms with Crippen LogP contribution in [0.25, 0.3) is 0 Å². The highest BCUT2D eigenvalue weighted by molar-refractivity contribution is 8.00.